The van der Waals surface area contributed by atoms with Crippen molar-refractivity contribution in [2.45, 2.75) is 25.3 Å². The molecule has 0 aliphatic carbocycles. The summed E-state index contributed by atoms with van der Waals surface area (Å²) < 4.78 is 9.95. The molecule has 0 radical (unpaired) electrons. The zero-order chi connectivity index (χ0) is 19.2. The number of hydrogen-bond acceptors (Lipinski definition) is 5. The molecule has 27 heavy (non-hydrogen) atoms. The van der Waals surface area contributed by atoms with Crippen LogP contribution in [0.5, 0.6) is 5.75 Å². The van der Waals surface area contributed by atoms with Crippen LogP contribution in [-0.4, -0.2) is 54.2 Å². The molecule has 3 rings (SSSR count). The van der Waals surface area contributed by atoms with Gasteiger partial charge >= 0.3 is 12.0 Å². The molecule has 1 aromatic heterocycles. The third-order valence-corrected chi connectivity index (χ3v) is 4.66. The number of aromatic nitrogens is 2. The maximum absolute atomic E-state index is 12.8. The number of amides is 2. The van der Waals surface area contributed by atoms with Crippen molar-refractivity contribution in [1.29, 1.82) is 0 Å². The van der Waals surface area contributed by atoms with Gasteiger partial charge in [0.1, 0.15) is 11.8 Å². The number of ether oxygens (including phenoxy) is 2. The van der Waals surface area contributed by atoms with Crippen LogP contribution in [0.25, 0.3) is 0 Å². The first-order chi connectivity index (χ1) is 13.1. The largest absolute Gasteiger partial charge is 0.497 e. The second kappa shape index (κ2) is 8.57. The Hall–Kier alpha value is -3.03. The molecule has 0 fully saturated rings. The van der Waals surface area contributed by atoms with Gasteiger partial charge in [-0.3, -0.25) is 4.79 Å². The van der Waals surface area contributed by atoms with Gasteiger partial charge in [-0.2, -0.15) is 0 Å². The minimum atomic E-state index is -0.296. The third kappa shape index (κ3) is 4.21. The fourth-order valence-electron chi connectivity index (χ4n) is 3.28. The summed E-state index contributed by atoms with van der Waals surface area (Å²) >= 11 is 0. The highest BCUT2D eigenvalue weighted by molar-refractivity contribution is 5.76. The number of urea groups is 1. The van der Waals surface area contributed by atoms with Crippen LogP contribution in [0, 0.1) is 0 Å². The summed E-state index contributed by atoms with van der Waals surface area (Å²) in [4.78, 5) is 33.4. The molecule has 144 valence electrons. The van der Waals surface area contributed by atoms with E-state index in [0.717, 1.165) is 22.7 Å². The van der Waals surface area contributed by atoms with Gasteiger partial charge in [-0.25, -0.2) is 9.78 Å². The molecule has 2 N–H and O–H groups in total. The van der Waals surface area contributed by atoms with Crippen LogP contribution in [-0.2, 0) is 16.0 Å². The molecule has 0 unspecified atom stereocenters. The minimum absolute atomic E-state index is 0.179. The number of aromatic amines is 1. The van der Waals surface area contributed by atoms with E-state index in [1.54, 1.807) is 18.3 Å². The Labute approximate surface area is 157 Å². The monoisotopic (exact) mass is 372 g/mol. The van der Waals surface area contributed by atoms with Gasteiger partial charge in [0.2, 0.25) is 0 Å². The van der Waals surface area contributed by atoms with E-state index in [2.05, 4.69) is 20.0 Å². The number of H-pyrrole nitrogens is 1. The van der Waals surface area contributed by atoms with Crippen LogP contribution in [0.3, 0.4) is 0 Å². The van der Waals surface area contributed by atoms with Gasteiger partial charge in [0.25, 0.3) is 0 Å². The fourth-order valence-corrected chi connectivity index (χ4v) is 3.28. The Kier molecular flexibility index (Phi) is 5.95. The number of benzene rings is 1. The number of esters is 1. The zero-order valence-corrected chi connectivity index (χ0v) is 15.5. The van der Waals surface area contributed by atoms with Crippen molar-refractivity contribution in [2.24, 2.45) is 0 Å². The Morgan fingerprint density at radius 2 is 2.22 bits per heavy atom. The van der Waals surface area contributed by atoms with Crippen molar-refractivity contribution in [1.82, 2.24) is 20.2 Å². The number of methoxy groups -OCH3 is 2. The topological polar surface area (TPSA) is 96.6 Å². The lowest BCUT2D eigenvalue weighted by atomic mass is 9.96. The maximum atomic E-state index is 12.8. The van der Waals surface area contributed by atoms with E-state index in [4.69, 9.17) is 4.74 Å². The van der Waals surface area contributed by atoms with E-state index in [9.17, 15) is 9.59 Å². The van der Waals surface area contributed by atoms with E-state index in [1.165, 1.54) is 7.11 Å². The highest BCUT2D eigenvalue weighted by atomic mass is 16.5. The number of imidazole rings is 1. The van der Waals surface area contributed by atoms with Crippen LogP contribution in [0.1, 0.15) is 35.8 Å². The quantitative estimate of drug-likeness (QED) is 0.597. The molecule has 8 nitrogen and oxygen atoms in total. The number of nitrogens with one attached hydrogen (secondary N) is 2. The first-order valence-electron chi connectivity index (χ1n) is 8.91. The number of rotatable bonds is 6. The lowest BCUT2D eigenvalue weighted by molar-refractivity contribution is -0.140. The summed E-state index contributed by atoms with van der Waals surface area (Å²) in [5.41, 5.74) is 2.82. The summed E-state index contributed by atoms with van der Waals surface area (Å²) in [6.07, 6.45) is 3.18. The molecule has 0 saturated heterocycles. The predicted octanol–water partition coefficient (Wildman–Crippen LogP) is 2.03. The number of fused-ring (bicyclic) bond motifs is 1. The van der Waals surface area contributed by atoms with Crippen molar-refractivity contribution in [3.05, 3.63) is 47.5 Å². The molecular weight excluding hydrogens is 348 g/mol. The van der Waals surface area contributed by atoms with Crippen LogP contribution in [0.4, 0.5) is 4.79 Å². The lowest BCUT2D eigenvalue weighted by Gasteiger charge is -2.35. The number of nitrogens with zero attached hydrogens (tertiary/aromatic N) is 2. The molecule has 1 aliphatic rings. The molecule has 1 aromatic carbocycles. The van der Waals surface area contributed by atoms with E-state index in [0.29, 0.717) is 25.9 Å². The van der Waals surface area contributed by atoms with Crippen molar-refractivity contribution >= 4 is 12.0 Å². The second-order valence-corrected chi connectivity index (χ2v) is 6.30. The third-order valence-electron chi connectivity index (χ3n) is 4.66. The number of carbonyl (C=O) groups excluding carboxylic acids is 2. The maximum Gasteiger partial charge on any atom is 0.318 e. The average molecular weight is 372 g/mol. The normalized spacial score (nSPS) is 15.8. The van der Waals surface area contributed by atoms with Crippen molar-refractivity contribution in [3.8, 4) is 5.75 Å². The van der Waals surface area contributed by atoms with Gasteiger partial charge < -0.3 is 24.7 Å². The van der Waals surface area contributed by atoms with E-state index in [1.807, 2.05) is 24.3 Å². The van der Waals surface area contributed by atoms with E-state index < -0.39 is 0 Å². The van der Waals surface area contributed by atoms with Gasteiger partial charge in [-0.05, 0) is 24.1 Å². The van der Waals surface area contributed by atoms with Crippen LogP contribution in [0.15, 0.2) is 30.6 Å². The minimum Gasteiger partial charge on any atom is -0.497 e. The summed E-state index contributed by atoms with van der Waals surface area (Å²) in [5.74, 6) is 0.450. The first-order valence-corrected chi connectivity index (χ1v) is 8.91. The Bertz CT molecular complexity index is 805. The molecule has 2 amide bonds. The summed E-state index contributed by atoms with van der Waals surface area (Å²) in [6.45, 7) is 0.975. The lowest BCUT2D eigenvalue weighted by Crippen LogP contribution is -2.46. The molecule has 0 bridgehead atoms. The van der Waals surface area contributed by atoms with Gasteiger partial charge in [0.05, 0.1) is 26.2 Å². The first kappa shape index (κ1) is 18.8. The van der Waals surface area contributed by atoms with Gasteiger partial charge in [-0.1, -0.05) is 12.1 Å². The molecule has 8 heteroatoms. The highest BCUT2D eigenvalue weighted by Crippen LogP contribution is 2.34. The van der Waals surface area contributed by atoms with Gasteiger partial charge in [0.15, 0.2) is 0 Å². The van der Waals surface area contributed by atoms with Crippen LogP contribution >= 0.6 is 0 Å². The Balaban J connectivity index is 1.76. The van der Waals surface area contributed by atoms with Crippen molar-refractivity contribution in [2.75, 3.05) is 27.3 Å². The highest BCUT2D eigenvalue weighted by Gasteiger charge is 2.34. The van der Waals surface area contributed by atoms with Crippen LogP contribution in [0.2, 0.25) is 0 Å². The summed E-state index contributed by atoms with van der Waals surface area (Å²) in [5, 5.41) is 2.89. The molecule has 2 heterocycles. The van der Waals surface area contributed by atoms with Gasteiger partial charge in [-0.15, -0.1) is 0 Å². The van der Waals surface area contributed by atoms with E-state index in [-0.39, 0.29) is 24.5 Å². The molecule has 1 atom stereocenters. The molecule has 2 aromatic rings. The summed E-state index contributed by atoms with van der Waals surface area (Å²) in [6, 6.07) is 7.19. The average Bonchev–Trinajstić information content (AvgIpc) is 3.18. The van der Waals surface area contributed by atoms with Crippen molar-refractivity contribution in [3.63, 3.8) is 0 Å². The standard InChI is InChI=1S/C19H24N4O4/c1-26-14-6-3-5-13(11-14)18-17-15(21-12-22-17)8-10-23(18)19(25)20-9-4-7-16(24)27-2/h3,5-6,11-12,18H,4,7-10H2,1-2H3,(H,20,25)(H,21,22)/t18-/m1/s1. The fraction of sp³-hybridized carbons (Fsp3) is 0.421. The van der Waals surface area contributed by atoms with Crippen molar-refractivity contribution < 1.29 is 19.1 Å². The molecule has 1 aliphatic heterocycles. The van der Waals surface area contributed by atoms with Crippen LogP contribution < -0.4 is 10.1 Å². The molecular formula is C19H24N4O4. The Morgan fingerprint density at radius 3 is 3.00 bits per heavy atom. The SMILES string of the molecule is COC(=O)CCCNC(=O)N1CCc2[nH]cnc2[C@H]1c1cccc(OC)c1. The second-order valence-electron chi connectivity index (χ2n) is 6.30. The molecule has 0 saturated carbocycles. The zero-order valence-electron chi connectivity index (χ0n) is 15.5. The van der Waals surface area contributed by atoms with Gasteiger partial charge in [0, 0.05) is 31.6 Å². The summed E-state index contributed by atoms with van der Waals surface area (Å²) in [7, 11) is 2.97. The Morgan fingerprint density at radius 1 is 1.37 bits per heavy atom. The molecule has 0 spiro atoms. The van der Waals surface area contributed by atoms with E-state index >= 15 is 0 Å². The predicted molar refractivity (Wildman–Crippen MR) is 98.5 cm³/mol. The number of carbonyl (C=O) groups is 2. The smallest absolute Gasteiger partial charge is 0.318 e. The number of hydrogen-bond donors (Lipinski definition) is 2.